The number of anilines is 2. The number of likely N-dealkylation sites (tertiary alicyclic amines) is 1. The summed E-state index contributed by atoms with van der Waals surface area (Å²) in [5.74, 6) is -0.803. The Labute approximate surface area is 179 Å². The Morgan fingerprint density at radius 2 is 1.57 bits per heavy atom. The molecule has 3 rings (SSSR count). The van der Waals surface area contributed by atoms with Crippen molar-refractivity contribution in [2.24, 2.45) is 0 Å². The molecule has 3 amide bonds. The average molecular weight is 432 g/mol. The highest BCUT2D eigenvalue weighted by Crippen LogP contribution is 2.23. The Morgan fingerprint density at radius 3 is 2.17 bits per heavy atom. The molecule has 1 heterocycles. The van der Waals surface area contributed by atoms with Crippen molar-refractivity contribution < 1.29 is 23.9 Å². The number of amides is 3. The lowest BCUT2D eigenvalue weighted by Gasteiger charge is -2.24. The van der Waals surface area contributed by atoms with Gasteiger partial charge in [0.15, 0.2) is 0 Å². The minimum absolute atomic E-state index is 0.251. The van der Waals surface area contributed by atoms with Gasteiger partial charge in [-0.1, -0.05) is 11.6 Å². The van der Waals surface area contributed by atoms with Crippen LogP contribution in [0.3, 0.4) is 0 Å². The molecule has 0 spiro atoms. The zero-order valence-electron chi connectivity index (χ0n) is 16.6. The number of urea groups is 1. The van der Waals surface area contributed by atoms with E-state index in [1.165, 1.54) is 12.0 Å². The van der Waals surface area contributed by atoms with E-state index in [4.69, 9.17) is 16.3 Å². The molecule has 1 aliphatic rings. The molecule has 0 aliphatic carbocycles. The first-order valence-electron chi connectivity index (χ1n) is 9.26. The van der Waals surface area contributed by atoms with Crippen molar-refractivity contribution in [2.75, 3.05) is 31.4 Å². The van der Waals surface area contributed by atoms with Gasteiger partial charge >= 0.3 is 12.0 Å². The normalized spacial score (nSPS) is 18.0. The van der Waals surface area contributed by atoms with E-state index in [9.17, 15) is 14.4 Å². The number of benzene rings is 2. The molecule has 2 unspecified atom stereocenters. The van der Waals surface area contributed by atoms with Crippen LogP contribution in [0.5, 0.6) is 0 Å². The predicted molar refractivity (Wildman–Crippen MR) is 113 cm³/mol. The van der Waals surface area contributed by atoms with Gasteiger partial charge in [0.1, 0.15) is 6.04 Å². The molecule has 1 fully saturated rings. The van der Waals surface area contributed by atoms with E-state index in [1.807, 2.05) is 0 Å². The third kappa shape index (κ3) is 5.08. The van der Waals surface area contributed by atoms with E-state index in [0.29, 0.717) is 28.4 Å². The summed E-state index contributed by atoms with van der Waals surface area (Å²) < 4.78 is 10.0. The Hall–Kier alpha value is -3.10. The summed E-state index contributed by atoms with van der Waals surface area (Å²) in [5.41, 5.74) is 1.45. The van der Waals surface area contributed by atoms with Crippen LogP contribution in [0.1, 0.15) is 16.8 Å². The summed E-state index contributed by atoms with van der Waals surface area (Å²) in [5, 5.41) is 6.11. The minimum atomic E-state index is -0.706. The van der Waals surface area contributed by atoms with Crippen molar-refractivity contribution in [3.05, 3.63) is 59.1 Å². The predicted octanol–water partition coefficient (Wildman–Crippen LogP) is 3.39. The molecular formula is C21H22ClN3O5. The number of carbonyl (C=O) groups excluding carboxylic acids is 3. The van der Waals surface area contributed by atoms with Crippen LogP contribution in [-0.2, 0) is 14.3 Å². The Bertz CT molecular complexity index is 917. The fourth-order valence-corrected chi connectivity index (χ4v) is 3.33. The third-order valence-corrected chi connectivity index (χ3v) is 5.08. The number of ether oxygens (including phenoxy) is 2. The molecule has 30 heavy (non-hydrogen) atoms. The fourth-order valence-electron chi connectivity index (χ4n) is 3.20. The number of hydrogen-bond acceptors (Lipinski definition) is 5. The topological polar surface area (TPSA) is 97.0 Å². The molecule has 2 atom stereocenters. The van der Waals surface area contributed by atoms with Gasteiger partial charge in [0.05, 0.1) is 18.8 Å². The molecule has 0 bridgehead atoms. The highest BCUT2D eigenvalue weighted by Gasteiger charge is 2.40. The van der Waals surface area contributed by atoms with Crippen molar-refractivity contribution in [1.82, 2.24) is 4.90 Å². The maximum atomic E-state index is 12.9. The molecule has 158 valence electrons. The van der Waals surface area contributed by atoms with Crippen molar-refractivity contribution in [1.29, 1.82) is 0 Å². The van der Waals surface area contributed by atoms with Gasteiger partial charge in [-0.15, -0.1) is 0 Å². The molecule has 0 aromatic heterocycles. The summed E-state index contributed by atoms with van der Waals surface area (Å²) in [7, 11) is 2.85. The molecule has 1 aliphatic heterocycles. The smallest absolute Gasteiger partial charge is 0.337 e. The summed E-state index contributed by atoms with van der Waals surface area (Å²) in [4.78, 5) is 38.6. The summed E-state index contributed by atoms with van der Waals surface area (Å²) in [6.45, 7) is 0.287. The van der Waals surface area contributed by atoms with E-state index in [2.05, 4.69) is 15.4 Å². The highest BCUT2D eigenvalue weighted by atomic mass is 35.5. The average Bonchev–Trinajstić information content (AvgIpc) is 3.20. The van der Waals surface area contributed by atoms with Crippen molar-refractivity contribution >= 4 is 40.9 Å². The van der Waals surface area contributed by atoms with Gasteiger partial charge < -0.3 is 25.0 Å². The molecule has 2 aromatic carbocycles. The highest BCUT2D eigenvalue weighted by molar-refractivity contribution is 6.30. The number of esters is 1. The Balaban J connectivity index is 1.69. The maximum Gasteiger partial charge on any atom is 0.337 e. The number of methoxy groups -OCH3 is 2. The number of rotatable bonds is 5. The number of nitrogens with one attached hydrogen (secondary N) is 2. The minimum Gasteiger partial charge on any atom is -0.465 e. The molecule has 2 N–H and O–H groups in total. The second-order valence-electron chi connectivity index (χ2n) is 6.76. The summed E-state index contributed by atoms with van der Waals surface area (Å²) in [6.07, 6.45) is 0.120. The lowest BCUT2D eigenvalue weighted by Crippen LogP contribution is -2.45. The second kappa shape index (κ2) is 9.60. The van der Waals surface area contributed by atoms with Gasteiger partial charge in [-0.05, 0) is 48.5 Å². The van der Waals surface area contributed by atoms with Gasteiger partial charge in [-0.2, -0.15) is 0 Å². The van der Waals surface area contributed by atoms with E-state index >= 15 is 0 Å². The summed E-state index contributed by atoms with van der Waals surface area (Å²) >= 11 is 5.87. The van der Waals surface area contributed by atoms with E-state index in [1.54, 1.807) is 55.6 Å². The first-order valence-corrected chi connectivity index (χ1v) is 9.64. The molecular weight excluding hydrogens is 410 g/mol. The van der Waals surface area contributed by atoms with Gasteiger partial charge in [0.2, 0.25) is 5.91 Å². The van der Waals surface area contributed by atoms with Crippen LogP contribution in [0.15, 0.2) is 48.5 Å². The lowest BCUT2D eigenvalue weighted by atomic mass is 10.1. The maximum absolute atomic E-state index is 12.9. The monoisotopic (exact) mass is 431 g/mol. The standard InChI is InChI=1S/C21H22ClN3O5/c1-29-17-11-18(19(26)23-15-7-3-13(4-8-15)20(27)30-2)25(12-17)21(28)24-16-9-5-14(22)6-10-16/h3-10,17-18H,11-12H2,1-2H3,(H,23,26)(H,24,28). The zero-order chi connectivity index (χ0) is 21.7. The van der Waals surface area contributed by atoms with Crippen molar-refractivity contribution in [3.8, 4) is 0 Å². The second-order valence-corrected chi connectivity index (χ2v) is 7.19. The first kappa shape index (κ1) is 21.6. The van der Waals surface area contributed by atoms with E-state index in [0.717, 1.165) is 0 Å². The Morgan fingerprint density at radius 1 is 0.967 bits per heavy atom. The van der Waals surface area contributed by atoms with Crippen molar-refractivity contribution in [3.63, 3.8) is 0 Å². The number of nitrogens with zero attached hydrogens (tertiary/aromatic N) is 1. The molecule has 8 nitrogen and oxygen atoms in total. The Kier molecular flexibility index (Phi) is 6.91. The molecule has 1 saturated heterocycles. The SMILES string of the molecule is COC(=O)c1ccc(NC(=O)C2CC(OC)CN2C(=O)Nc2ccc(Cl)cc2)cc1. The molecule has 0 saturated carbocycles. The number of hydrogen-bond donors (Lipinski definition) is 2. The first-order chi connectivity index (χ1) is 14.4. The van der Waals surface area contributed by atoms with Crippen LogP contribution in [0.25, 0.3) is 0 Å². The zero-order valence-corrected chi connectivity index (χ0v) is 17.3. The lowest BCUT2D eigenvalue weighted by molar-refractivity contribution is -0.119. The van der Waals surface area contributed by atoms with Crippen LogP contribution in [0, 0.1) is 0 Å². The third-order valence-electron chi connectivity index (χ3n) is 4.83. The quantitative estimate of drug-likeness (QED) is 0.707. The van der Waals surface area contributed by atoms with E-state index in [-0.39, 0.29) is 18.6 Å². The van der Waals surface area contributed by atoms with Gasteiger partial charge in [0, 0.05) is 36.5 Å². The van der Waals surface area contributed by atoms with Crippen LogP contribution in [-0.4, -0.2) is 55.7 Å². The molecule has 2 aromatic rings. The van der Waals surface area contributed by atoms with Crippen LogP contribution < -0.4 is 10.6 Å². The van der Waals surface area contributed by atoms with Gasteiger partial charge in [0.25, 0.3) is 0 Å². The fraction of sp³-hybridized carbons (Fsp3) is 0.286. The molecule has 9 heteroatoms. The van der Waals surface area contributed by atoms with Gasteiger partial charge in [-0.3, -0.25) is 4.79 Å². The van der Waals surface area contributed by atoms with Crippen LogP contribution >= 0.6 is 11.6 Å². The van der Waals surface area contributed by atoms with Gasteiger partial charge in [-0.25, -0.2) is 9.59 Å². The number of carbonyl (C=O) groups is 3. The van der Waals surface area contributed by atoms with Crippen molar-refractivity contribution in [2.45, 2.75) is 18.6 Å². The van der Waals surface area contributed by atoms with E-state index < -0.39 is 18.0 Å². The molecule has 0 radical (unpaired) electrons. The van der Waals surface area contributed by atoms with Crippen LogP contribution in [0.2, 0.25) is 5.02 Å². The number of halogens is 1. The van der Waals surface area contributed by atoms with Crippen LogP contribution in [0.4, 0.5) is 16.2 Å². The largest absolute Gasteiger partial charge is 0.465 e. The summed E-state index contributed by atoms with van der Waals surface area (Å²) in [6, 6.07) is 11.9.